The summed E-state index contributed by atoms with van der Waals surface area (Å²) in [6.45, 7) is 12.9. The molecule has 1 aromatic rings. The Morgan fingerprint density at radius 2 is 1.79 bits per heavy atom. The van der Waals surface area contributed by atoms with E-state index in [0.717, 1.165) is 11.1 Å². The molecule has 2 atom stereocenters. The van der Waals surface area contributed by atoms with Crippen LogP contribution in [0.4, 0.5) is 0 Å². The molecule has 0 aliphatic heterocycles. The fraction of sp³-hybridized carbons (Fsp3) is 0.682. The maximum Gasteiger partial charge on any atom is 0.342 e. The van der Waals surface area contributed by atoms with E-state index in [2.05, 4.69) is 25.9 Å². The Balaban J connectivity index is 2.48. The molecule has 164 valence electrons. The zero-order valence-electron chi connectivity index (χ0n) is 18.7. The molecule has 0 aromatic heterocycles. The smallest absolute Gasteiger partial charge is 0.342 e. The average molecular weight is 426 g/mol. The van der Waals surface area contributed by atoms with Gasteiger partial charge in [-0.25, -0.2) is 5.09 Å². The van der Waals surface area contributed by atoms with Gasteiger partial charge in [0.15, 0.2) is 0 Å². The molecule has 0 radical (unpaired) electrons. The molecule has 1 aliphatic carbocycles. The highest BCUT2D eigenvalue weighted by Crippen LogP contribution is 2.52. The fourth-order valence-electron chi connectivity index (χ4n) is 3.29. The van der Waals surface area contributed by atoms with Crippen molar-refractivity contribution < 1.29 is 23.7 Å². The summed E-state index contributed by atoms with van der Waals surface area (Å²) < 4.78 is 25.7. The first-order valence-corrected chi connectivity index (χ1v) is 12.2. The Hall–Kier alpha value is -1.36. The Bertz CT molecular complexity index is 770. The van der Waals surface area contributed by atoms with Crippen molar-refractivity contribution in [1.29, 1.82) is 0 Å². The third-order valence-electron chi connectivity index (χ3n) is 5.32. The number of hydrogen-bond acceptors (Lipinski definition) is 4. The fourth-order valence-corrected chi connectivity index (χ4v) is 5.40. The summed E-state index contributed by atoms with van der Waals surface area (Å²) in [7, 11) is -3.67. The van der Waals surface area contributed by atoms with Crippen LogP contribution in [-0.4, -0.2) is 29.1 Å². The van der Waals surface area contributed by atoms with E-state index in [0.29, 0.717) is 11.7 Å². The first-order chi connectivity index (χ1) is 13.4. The summed E-state index contributed by atoms with van der Waals surface area (Å²) in [5.74, 6) is 0.564. The average Bonchev–Trinajstić information content (AvgIpc) is 3.44. The van der Waals surface area contributed by atoms with Crippen LogP contribution in [0.15, 0.2) is 18.2 Å². The number of carboxylic acids is 1. The summed E-state index contributed by atoms with van der Waals surface area (Å²) in [5.41, 5.74) is 0.568. The van der Waals surface area contributed by atoms with E-state index in [1.54, 1.807) is 0 Å². The normalized spacial score (nSPS) is 18.0. The molecule has 2 N–H and O–H groups in total. The van der Waals surface area contributed by atoms with Crippen molar-refractivity contribution in [3.05, 3.63) is 29.3 Å². The molecule has 1 fully saturated rings. The number of aliphatic carboxylic acids is 1. The first kappa shape index (κ1) is 23.9. The summed E-state index contributed by atoms with van der Waals surface area (Å²) in [4.78, 5) is 11.7. The lowest BCUT2D eigenvalue weighted by Crippen LogP contribution is -2.46. The highest BCUT2D eigenvalue weighted by atomic mass is 31.2. The molecule has 0 bridgehead atoms. The highest BCUT2D eigenvalue weighted by molar-refractivity contribution is 7.57. The van der Waals surface area contributed by atoms with E-state index in [-0.39, 0.29) is 24.3 Å². The van der Waals surface area contributed by atoms with Crippen LogP contribution in [0, 0.1) is 5.92 Å². The van der Waals surface area contributed by atoms with E-state index >= 15 is 0 Å². The van der Waals surface area contributed by atoms with Crippen molar-refractivity contribution in [2.45, 2.75) is 84.8 Å². The molecule has 1 unspecified atom stereocenters. The zero-order chi connectivity index (χ0) is 22.0. The second kappa shape index (κ2) is 9.20. The summed E-state index contributed by atoms with van der Waals surface area (Å²) >= 11 is 0. The van der Waals surface area contributed by atoms with Gasteiger partial charge >= 0.3 is 13.5 Å². The van der Waals surface area contributed by atoms with Crippen LogP contribution in [0.25, 0.3) is 0 Å². The number of carbonyl (C=O) groups is 1. The third kappa shape index (κ3) is 6.31. The van der Waals surface area contributed by atoms with Gasteiger partial charge in [0.2, 0.25) is 0 Å². The maximum absolute atomic E-state index is 13.8. The van der Waals surface area contributed by atoms with Crippen molar-refractivity contribution in [3.8, 4) is 5.75 Å². The zero-order valence-corrected chi connectivity index (χ0v) is 19.6. The molecule has 0 amide bonds. The monoisotopic (exact) mass is 425 g/mol. The van der Waals surface area contributed by atoms with Gasteiger partial charge in [-0.05, 0) is 69.4 Å². The lowest BCUT2D eigenvalue weighted by Gasteiger charge is -2.31. The molecule has 7 heteroatoms. The Labute approximate surface area is 174 Å². The van der Waals surface area contributed by atoms with Crippen LogP contribution in [0.2, 0.25) is 0 Å². The van der Waals surface area contributed by atoms with Crippen LogP contribution >= 0.6 is 7.52 Å². The van der Waals surface area contributed by atoms with Gasteiger partial charge in [0, 0.05) is 0 Å². The number of carboxylic acid groups (broad SMARTS) is 1. The lowest BCUT2D eigenvalue weighted by molar-refractivity contribution is -0.142. The number of rotatable bonds is 11. The first-order valence-electron chi connectivity index (χ1n) is 10.4. The Morgan fingerprint density at radius 3 is 2.28 bits per heavy atom. The van der Waals surface area contributed by atoms with E-state index in [4.69, 9.17) is 9.26 Å². The number of nitrogens with one attached hydrogen (secondary N) is 1. The van der Waals surface area contributed by atoms with E-state index in [1.807, 2.05) is 32.0 Å². The number of benzene rings is 1. The molecule has 2 rings (SSSR count). The number of hydrogen-bond donors (Lipinski definition) is 2. The molecule has 0 spiro atoms. The van der Waals surface area contributed by atoms with Crippen molar-refractivity contribution >= 4 is 13.5 Å². The van der Waals surface area contributed by atoms with Crippen LogP contribution in [0.5, 0.6) is 5.75 Å². The van der Waals surface area contributed by atoms with E-state index in [9.17, 15) is 14.5 Å². The molecule has 6 nitrogen and oxygen atoms in total. The second-order valence-electron chi connectivity index (χ2n) is 9.20. The summed E-state index contributed by atoms with van der Waals surface area (Å²) in [6.07, 6.45) is 2.01. The van der Waals surface area contributed by atoms with Gasteiger partial charge in [-0.1, -0.05) is 39.0 Å². The quantitative estimate of drug-likeness (QED) is 0.440. The summed E-state index contributed by atoms with van der Waals surface area (Å²) in [5, 5.41) is 12.3. The second-order valence-corrected chi connectivity index (χ2v) is 11.2. The largest absolute Gasteiger partial charge is 0.480 e. The van der Waals surface area contributed by atoms with Crippen molar-refractivity contribution in [1.82, 2.24) is 5.09 Å². The minimum atomic E-state index is -3.67. The highest BCUT2D eigenvalue weighted by Gasteiger charge is 2.40. The Kier molecular flexibility index (Phi) is 7.58. The van der Waals surface area contributed by atoms with Gasteiger partial charge in [0.1, 0.15) is 17.6 Å². The van der Waals surface area contributed by atoms with Crippen molar-refractivity contribution in [2.24, 2.45) is 5.92 Å². The SMILES string of the molecule is CC(C)OCP(=O)(NC(C)(C)C(=O)O)Oc1c(C(C)C)cccc1[C@H](C)C1CC1. The molecular formula is C22H36NO5P. The summed E-state index contributed by atoms with van der Waals surface area (Å²) in [6, 6.07) is 6.03. The van der Waals surface area contributed by atoms with E-state index < -0.39 is 19.0 Å². The minimum Gasteiger partial charge on any atom is -0.480 e. The standard InChI is InChI=1S/C22H36NO5P/c1-14(2)18-9-8-10-19(16(5)17-11-12-17)20(18)28-29(26,13-27-15(3)4)23-22(6,7)21(24)25/h8-10,14-17H,11-13H2,1-7H3,(H,23,26)(H,24,25)/t16-,29?/m1/s1. The van der Waals surface area contributed by atoms with Gasteiger partial charge in [0.05, 0.1) is 6.10 Å². The number of para-hydroxylation sites is 1. The van der Waals surface area contributed by atoms with Crippen molar-refractivity contribution in [3.63, 3.8) is 0 Å². The topological polar surface area (TPSA) is 84.9 Å². The maximum atomic E-state index is 13.8. The van der Waals surface area contributed by atoms with Crippen LogP contribution < -0.4 is 9.61 Å². The minimum absolute atomic E-state index is 0.160. The lowest BCUT2D eigenvalue weighted by atomic mass is 9.90. The van der Waals surface area contributed by atoms with Gasteiger partial charge in [-0.3, -0.25) is 9.36 Å². The Morgan fingerprint density at radius 1 is 1.21 bits per heavy atom. The van der Waals surface area contributed by atoms with Gasteiger partial charge in [-0.15, -0.1) is 0 Å². The third-order valence-corrected chi connectivity index (χ3v) is 7.18. The molecule has 0 saturated heterocycles. The van der Waals surface area contributed by atoms with Crippen LogP contribution in [-0.2, 0) is 14.1 Å². The predicted octanol–water partition coefficient (Wildman–Crippen LogP) is 5.73. The molecule has 29 heavy (non-hydrogen) atoms. The van der Waals surface area contributed by atoms with Gasteiger partial charge in [-0.2, -0.15) is 0 Å². The van der Waals surface area contributed by atoms with E-state index in [1.165, 1.54) is 26.7 Å². The number of ether oxygens (including phenoxy) is 1. The van der Waals surface area contributed by atoms with Gasteiger partial charge in [0.25, 0.3) is 0 Å². The molecule has 0 heterocycles. The molecule has 1 aliphatic rings. The molecule has 1 aromatic carbocycles. The van der Waals surface area contributed by atoms with Crippen LogP contribution in [0.3, 0.4) is 0 Å². The predicted molar refractivity (Wildman–Crippen MR) is 116 cm³/mol. The van der Waals surface area contributed by atoms with Crippen LogP contribution in [0.1, 0.15) is 84.3 Å². The van der Waals surface area contributed by atoms with Gasteiger partial charge < -0.3 is 14.4 Å². The van der Waals surface area contributed by atoms with Crippen molar-refractivity contribution in [2.75, 3.05) is 6.35 Å². The molecule has 1 saturated carbocycles. The molecular weight excluding hydrogens is 389 g/mol.